The maximum atomic E-state index is 13.8. The van der Waals surface area contributed by atoms with Crippen molar-refractivity contribution in [3.8, 4) is 6.07 Å². The maximum absolute atomic E-state index is 13.8. The van der Waals surface area contributed by atoms with Crippen molar-refractivity contribution in [1.82, 2.24) is 0 Å². The van der Waals surface area contributed by atoms with Gasteiger partial charge in [-0.2, -0.15) is 5.26 Å². The number of anilines is 1. The molecular formula is C14H16F2N2O2. The van der Waals surface area contributed by atoms with Crippen LogP contribution in [0.2, 0.25) is 0 Å². The Labute approximate surface area is 116 Å². The summed E-state index contributed by atoms with van der Waals surface area (Å²) in [5.41, 5.74) is -2.96. The van der Waals surface area contributed by atoms with Gasteiger partial charge in [-0.3, -0.25) is 4.79 Å². The lowest BCUT2D eigenvalue weighted by molar-refractivity contribution is -0.149. The third kappa shape index (κ3) is 2.72. The van der Waals surface area contributed by atoms with Gasteiger partial charge >= 0.3 is 5.97 Å². The van der Waals surface area contributed by atoms with Crippen LogP contribution >= 0.6 is 0 Å². The van der Waals surface area contributed by atoms with Gasteiger partial charge in [0.15, 0.2) is 11.6 Å². The summed E-state index contributed by atoms with van der Waals surface area (Å²) in [4.78, 5) is 11.3. The van der Waals surface area contributed by atoms with Crippen LogP contribution in [0.4, 0.5) is 14.5 Å². The SMILES string of the molecule is CC(C)(Nc1c(F)cc(C#N)cc1F)C(C)(C)C(=O)O. The average molecular weight is 282 g/mol. The number of hydrogen-bond acceptors (Lipinski definition) is 3. The highest BCUT2D eigenvalue weighted by Crippen LogP contribution is 2.35. The number of carboxylic acids is 1. The molecule has 0 fully saturated rings. The molecule has 2 N–H and O–H groups in total. The Balaban J connectivity index is 3.24. The van der Waals surface area contributed by atoms with Crippen molar-refractivity contribution >= 4 is 11.7 Å². The van der Waals surface area contributed by atoms with E-state index in [0.717, 1.165) is 12.1 Å². The number of halogens is 2. The van der Waals surface area contributed by atoms with Crippen LogP contribution in [0.3, 0.4) is 0 Å². The highest BCUT2D eigenvalue weighted by molar-refractivity contribution is 5.76. The zero-order valence-electron chi connectivity index (χ0n) is 11.7. The van der Waals surface area contributed by atoms with Crippen molar-refractivity contribution in [3.05, 3.63) is 29.3 Å². The van der Waals surface area contributed by atoms with Crippen LogP contribution in [0.25, 0.3) is 0 Å². The number of carbonyl (C=O) groups is 1. The first kappa shape index (κ1) is 15.9. The summed E-state index contributed by atoms with van der Waals surface area (Å²) in [6.07, 6.45) is 0. The minimum Gasteiger partial charge on any atom is -0.481 e. The Morgan fingerprint density at radius 3 is 2.05 bits per heavy atom. The number of aliphatic carboxylic acids is 1. The second-order valence-electron chi connectivity index (χ2n) is 5.61. The van der Waals surface area contributed by atoms with Gasteiger partial charge in [-0.05, 0) is 39.8 Å². The molecule has 1 aromatic carbocycles. The topological polar surface area (TPSA) is 73.1 Å². The first-order valence-electron chi connectivity index (χ1n) is 5.93. The van der Waals surface area contributed by atoms with E-state index in [1.165, 1.54) is 27.7 Å². The first-order chi connectivity index (χ1) is 9.02. The molecule has 108 valence electrons. The predicted octanol–water partition coefficient (Wildman–Crippen LogP) is 3.14. The zero-order valence-corrected chi connectivity index (χ0v) is 11.7. The first-order valence-corrected chi connectivity index (χ1v) is 5.93. The van der Waals surface area contributed by atoms with E-state index < -0.39 is 34.2 Å². The van der Waals surface area contributed by atoms with Gasteiger partial charge in [-0.15, -0.1) is 0 Å². The highest BCUT2D eigenvalue weighted by Gasteiger charge is 2.44. The minimum atomic E-state index is -1.26. The summed E-state index contributed by atoms with van der Waals surface area (Å²) in [6.45, 7) is 6.00. The summed E-state index contributed by atoms with van der Waals surface area (Å²) in [5, 5.41) is 20.4. The van der Waals surface area contributed by atoms with E-state index in [4.69, 9.17) is 5.26 Å². The highest BCUT2D eigenvalue weighted by atomic mass is 19.1. The van der Waals surface area contributed by atoms with Gasteiger partial charge in [0.2, 0.25) is 0 Å². The second kappa shape index (κ2) is 5.08. The maximum Gasteiger partial charge on any atom is 0.311 e. The largest absolute Gasteiger partial charge is 0.481 e. The molecule has 0 saturated heterocycles. The third-order valence-electron chi connectivity index (χ3n) is 3.71. The predicted molar refractivity (Wildman–Crippen MR) is 70.2 cm³/mol. The number of nitrogens with zero attached hydrogens (tertiary/aromatic N) is 1. The fraction of sp³-hybridized carbons (Fsp3) is 0.429. The molecule has 1 rings (SSSR count). The standard InChI is InChI=1S/C14H16F2N2O2/c1-13(2,12(19)20)14(3,4)18-11-9(15)5-8(7-17)6-10(11)16/h5-6,18H,1-4H3,(H,19,20). The molecule has 4 nitrogen and oxygen atoms in total. The molecule has 0 aliphatic carbocycles. The van der Waals surface area contributed by atoms with Crippen molar-refractivity contribution < 1.29 is 18.7 Å². The number of nitrogens with one attached hydrogen (secondary N) is 1. The smallest absolute Gasteiger partial charge is 0.311 e. The van der Waals surface area contributed by atoms with E-state index in [1.54, 1.807) is 6.07 Å². The van der Waals surface area contributed by atoms with Gasteiger partial charge in [-0.25, -0.2) is 8.78 Å². The molecule has 0 radical (unpaired) electrons. The molecule has 0 atom stereocenters. The van der Waals surface area contributed by atoms with E-state index in [1.807, 2.05) is 0 Å². The van der Waals surface area contributed by atoms with Crippen LogP contribution in [-0.2, 0) is 4.79 Å². The van der Waals surface area contributed by atoms with E-state index in [9.17, 15) is 18.7 Å². The van der Waals surface area contributed by atoms with Crippen LogP contribution in [0.15, 0.2) is 12.1 Å². The Morgan fingerprint density at radius 2 is 1.70 bits per heavy atom. The van der Waals surface area contributed by atoms with Gasteiger partial charge in [0.1, 0.15) is 5.69 Å². The lowest BCUT2D eigenvalue weighted by Gasteiger charge is -2.39. The quantitative estimate of drug-likeness (QED) is 0.889. The van der Waals surface area contributed by atoms with Gasteiger partial charge in [0.05, 0.1) is 17.0 Å². The van der Waals surface area contributed by atoms with Crippen molar-refractivity contribution in [3.63, 3.8) is 0 Å². The summed E-state index contributed by atoms with van der Waals surface area (Å²) in [5.74, 6) is -2.96. The van der Waals surface area contributed by atoms with Crippen LogP contribution in [-0.4, -0.2) is 16.6 Å². The van der Waals surface area contributed by atoms with Gasteiger partial charge < -0.3 is 10.4 Å². The Hall–Kier alpha value is -2.16. The molecule has 0 spiro atoms. The molecule has 0 heterocycles. The van der Waals surface area contributed by atoms with Crippen molar-refractivity contribution in [2.24, 2.45) is 5.41 Å². The van der Waals surface area contributed by atoms with Crippen LogP contribution < -0.4 is 5.32 Å². The summed E-state index contributed by atoms with van der Waals surface area (Å²) < 4.78 is 27.6. The lowest BCUT2D eigenvalue weighted by Crippen LogP contribution is -2.51. The Bertz CT molecular complexity index is 566. The van der Waals surface area contributed by atoms with E-state index >= 15 is 0 Å². The van der Waals surface area contributed by atoms with Crippen LogP contribution in [0, 0.1) is 28.4 Å². The number of carboxylic acid groups (broad SMARTS) is 1. The molecule has 0 aliphatic heterocycles. The Kier molecular flexibility index (Phi) is 4.04. The number of nitriles is 1. The molecule has 0 aromatic heterocycles. The summed E-state index contributed by atoms with van der Waals surface area (Å²) >= 11 is 0. The van der Waals surface area contributed by atoms with E-state index in [0.29, 0.717) is 0 Å². The van der Waals surface area contributed by atoms with Crippen LogP contribution in [0.1, 0.15) is 33.3 Å². The van der Waals surface area contributed by atoms with E-state index in [2.05, 4.69) is 5.32 Å². The minimum absolute atomic E-state index is 0.138. The monoisotopic (exact) mass is 282 g/mol. The molecule has 20 heavy (non-hydrogen) atoms. The van der Waals surface area contributed by atoms with Gasteiger partial charge in [0.25, 0.3) is 0 Å². The van der Waals surface area contributed by atoms with Crippen molar-refractivity contribution in [1.29, 1.82) is 5.26 Å². The molecular weight excluding hydrogens is 266 g/mol. The second-order valence-corrected chi connectivity index (χ2v) is 5.61. The molecule has 0 bridgehead atoms. The average Bonchev–Trinajstić information content (AvgIpc) is 2.33. The molecule has 0 amide bonds. The van der Waals surface area contributed by atoms with Crippen LogP contribution in [0.5, 0.6) is 0 Å². The zero-order chi connectivity index (χ0) is 15.7. The summed E-state index contributed by atoms with van der Waals surface area (Å²) in [6, 6.07) is 3.44. The molecule has 0 saturated carbocycles. The summed E-state index contributed by atoms with van der Waals surface area (Å²) in [7, 11) is 0. The lowest BCUT2D eigenvalue weighted by atomic mass is 9.74. The number of benzene rings is 1. The fourth-order valence-electron chi connectivity index (χ4n) is 1.49. The van der Waals surface area contributed by atoms with Crippen molar-refractivity contribution in [2.45, 2.75) is 33.2 Å². The molecule has 1 aromatic rings. The molecule has 0 unspecified atom stereocenters. The van der Waals surface area contributed by atoms with E-state index in [-0.39, 0.29) is 5.56 Å². The normalized spacial score (nSPS) is 11.8. The van der Waals surface area contributed by atoms with Gasteiger partial charge in [-0.1, -0.05) is 0 Å². The third-order valence-corrected chi connectivity index (χ3v) is 3.71. The fourth-order valence-corrected chi connectivity index (χ4v) is 1.49. The van der Waals surface area contributed by atoms with Crippen molar-refractivity contribution in [2.75, 3.05) is 5.32 Å². The Morgan fingerprint density at radius 1 is 1.25 bits per heavy atom. The number of hydrogen-bond donors (Lipinski definition) is 2. The number of rotatable bonds is 4. The van der Waals surface area contributed by atoms with Gasteiger partial charge in [0, 0.05) is 5.54 Å². The molecule has 0 aliphatic rings. The molecule has 6 heteroatoms.